The van der Waals surface area contributed by atoms with Gasteiger partial charge in [0.2, 0.25) is 5.91 Å². The van der Waals surface area contributed by atoms with Gasteiger partial charge < -0.3 is 21.1 Å². The summed E-state index contributed by atoms with van der Waals surface area (Å²) in [5, 5.41) is 18.6. The fourth-order valence-electron chi connectivity index (χ4n) is 2.32. The molecule has 0 spiro atoms. The number of carbonyl (C=O) groups is 1. The Labute approximate surface area is 147 Å². The number of nitrogens with zero attached hydrogens (tertiary/aromatic N) is 1. The highest BCUT2D eigenvalue weighted by molar-refractivity contribution is 5.81. The Morgan fingerprint density at radius 1 is 1.12 bits per heavy atom. The molecule has 142 valence electrons. The van der Waals surface area contributed by atoms with Crippen molar-refractivity contribution in [3.8, 4) is 0 Å². The molecule has 1 atom stereocenters. The molecule has 1 amide bonds. The molecule has 24 heavy (non-hydrogen) atoms. The molecule has 0 fully saturated rings. The van der Waals surface area contributed by atoms with Gasteiger partial charge in [-0.1, -0.05) is 34.6 Å². The quantitative estimate of drug-likeness (QED) is 0.277. The van der Waals surface area contributed by atoms with E-state index >= 15 is 0 Å². The molecule has 6 heteroatoms. The predicted molar refractivity (Wildman–Crippen MR) is 101 cm³/mol. The van der Waals surface area contributed by atoms with Gasteiger partial charge in [-0.25, -0.2) is 0 Å². The van der Waals surface area contributed by atoms with E-state index in [-0.39, 0.29) is 17.9 Å². The first-order valence-corrected chi connectivity index (χ1v) is 9.12. The summed E-state index contributed by atoms with van der Waals surface area (Å²) in [6.07, 6.45) is 1.84. The lowest BCUT2D eigenvalue weighted by Gasteiger charge is -2.19. The lowest BCUT2D eigenvalue weighted by Crippen LogP contribution is -2.43. The molecular formula is C18H38N4O2. The molecule has 0 aromatic rings. The number of nitrogens with one attached hydrogen (secondary N) is 3. The maximum Gasteiger partial charge on any atom is 0.225 e. The maximum atomic E-state index is 11.8. The average molecular weight is 343 g/mol. The van der Waals surface area contributed by atoms with Crippen LogP contribution in [0.5, 0.6) is 0 Å². The van der Waals surface area contributed by atoms with Crippen LogP contribution in [-0.2, 0) is 4.79 Å². The second-order valence-corrected chi connectivity index (χ2v) is 7.66. The second-order valence-electron chi connectivity index (χ2n) is 7.66. The van der Waals surface area contributed by atoms with Gasteiger partial charge in [0.15, 0.2) is 5.96 Å². The summed E-state index contributed by atoms with van der Waals surface area (Å²) in [6, 6.07) is 0. The molecule has 0 aromatic heterocycles. The van der Waals surface area contributed by atoms with Gasteiger partial charge in [0.1, 0.15) is 0 Å². The van der Waals surface area contributed by atoms with Gasteiger partial charge in [0, 0.05) is 38.2 Å². The Kier molecular flexibility index (Phi) is 11.5. The van der Waals surface area contributed by atoms with E-state index in [1.54, 1.807) is 0 Å². The molecule has 0 aromatic carbocycles. The fraction of sp³-hybridized carbons (Fsp3) is 0.889. The molecule has 0 bridgehead atoms. The highest BCUT2D eigenvalue weighted by Crippen LogP contribution is 2.15. The Balaban J connectivity index is 4.38. The topological polar surface area (TPSA) is 85.8 Å². The summed E-state index contributed by atoms with van der Waals surface area (Å²) in [5.74, 6) is 1.80. The van der Waals surface area contributed by atoms with Crippen LogP contribution in [-0.4, -0.2) is 49.8 Å². The van der Waals surface area contributed by atoms with Crippen molar-refractivity contribution in [1.29, 1.82) is 0 Å². The van der Waals surface area contributed by atoms with Crippen LogP contribution in [0.3, 0.4) is 0 Å². The Morgan fingerprint density at radius 3 is 2.25 bits per heavy atom. The zero-order chi connectivity index (χ0) is 18.6. The molecule has 0 rings (SSSR count). The van der Waals surface area contributed by atoms with Crippen LogP contribution in [0.2, 0.25) is 0 Å². The highest BCUT2D eigenvalue weighted by Gasteiger charge is 2.20. The van der Waals surface area contributed by atoms with Crippen molar-refractivity contribution in [3.63, 3.8) is 0 Å². The molecule has 0 aliphatic heterocycles. The van der Waals surface area contributed by atoms with Crippen LogP contribution in [0.15, 0.2) is 4.99 Å². The summed E-state index contributed by atoms with van der Waals surface area (Å²) in [7, 11) is 0. The fourth-order valence-corrected chi connectivity index (χ4v) is 2.32. The third-order valence-electron chi connectivity index (χ3n) is 3.58. The number of carbonyl (C=O) groups excluding carboxylic acids is 1. The van der Waals surface area contributed by atoms with Crippen molar-refractivity contribution >= 4 is 11.9 Å². The molecule has 6 nitrogen and oxygen atoms in total. The van der Waals surface area contributed by atoms with Gasteiger partial charge in [-0.05, 0) is 31.6 Å². The molecule has 0 saturated heterocycles. The third kappa shape index (κ3) is 11.3. The molecular weight excluding hydrogens is 304 g/mol. The van der Waals surface area contributed by atoms with Crippen LogP contribution in [0.1, 0.15) is 54.4 Å². The number of rotatable bonds is 10. The summed E-state index contributed by atoms with van der Waals surface area (Å²) in [5.41, 5.74) is -0.368. The van der Waals surface area contributed by atoms with E-state index in [0.29, 0.717) is 31.5 Å². The number of hydrogen-bond donors (Lipinski definition) is 4. The predicted octanol–water partition coefficient (Wildman–Crippen LogP) is 1.75. The minimum atomic E-state index is -0.368. The minimum absolute atomic E-state index is 0.0474. The van der Waals surface area contributed by atoms with Crippen molar-refractivity contribution in [2.75, 3.05) is 32.8 Å². The summed E-state index contributed by atoms with van der Waals surface area (Å²) in [6.45, 7) is 15.0. The van der Waals surface area contributed by atoms with Crippen LogP contribution in [0, 0.1) is 17.3 Å². The third-order valence-corrected chi connectivity index (χ3v) is 3.58. The molecule has 0 saturated carbocycles. The zero-order valence-electron chi connectivity index (χ0n) is 16.4. The number of guanidine groups is 1. The number of hydrogen-bond acceptors (Lipinski definition) is 3. The number of amides is 1. The second kappa shape index (κ2) is 12.1. The van der Waals surface area contributed by atoms with Crippen molar-refractivity contribution in [1.82, 2.24) is 16.0 Å². The minimum Gasteiger partial charge on any atom is -0.396 e. The van der Waals surface area contributed by atoms with E-state index in [2.05, 4.69) is 34.8 Å². The monoisotopic (exact) mass is 342 g/mol. The van der Waals surface area contributed by atoms with Gasteiger partial charge >= 0.3 is 0 Å². The van der Waals surface area contributed by atoms with Crippen molar-refractivity contribution in [2.45, 2.75) is 54.4 Å². The van der Waals surface area contributed by atoms with Crippen LogP contribution >= 0.6 is 0 Å². The summed E-state index contributed by atoms with van der Waals surface area (Å²) < 4.78 is 0. The number of aliphatic hydroxyl groups excluding tert-OH is 1. The summed E-state index contributed by atoms with van der Waals surface area (Å²) in [4.78, 5) is 16.4. The van der Waals surface area contributed by atoms with Gasteiger partial charge in [0.05, 0.1) is 0 Å². The van der Waals surface area contributed by atoms with Crippen LogP contribution in [0.4, 0.5) is 0 Å². The van der Waals surface area contributed by atoms with Crippen molar-refractivity contribution in [3.05, 3.63) is 0 Å². The first kappa shape index (κ1) is 22.7. The normalized spacial score (nSPS) is 13.8. The lowest BCUT2D eigenvalue weighted by atomic mass is 9.94. The van der Waals surface area contributed by atoms with Gasteiger partial charge in [-0.2, -0.15) is 0 Å². The van der Waals surface area contributed by atoms with E-state index in [4.69, 9.17) is 0 Å². The smallest absolute Gasteiger partial charge is 0.225 e. The summed E-state index contributed by atoms with van der Waals surface area (Å²) >= 11 is 0. The van der Waals surface area contributed by atoms with E-state index in [9.17, 15) is 9.90 Å². The maximum absolute atomic E-state index is 11.8. The van der Waals surface area contributed by atoms with E-state index in [1.807, 2.05) is 27.7 Å². The van der Waals surface area contributed by atoms with E-state index in [0.717, 1.165) is 25.3 Å². The van der Waals surface area contributed by atoms with E-state index < -0.39 is 0 Å². The Bertz CT molecular complexity index is 376. The molecule has 0 aliphatic carbocycles. The first-order chi connectivity index (χ1) is 11.2. The first-order valence-electron chi connectivity index (χ1n) is 9.12. The van der Waals surface area contributed by atoms with Gasteiger partial charge in [-0.15, -0.1) is 0 Å². The molecule has 1 unspecified atom stereocenters. The molecule has 0 heterocycles. The van der Waals surface area contributed by atoms with Gasteiger partial charge in [0.25, 0.3) is 0 Å². The largest absolute Gasteiger partial charge is 0.396 e. The van der Waals surface area contributed by atoms with Crippen molar-refractivity contribution in [2.24, 2.45) is 22.2 Å². The lowest BCUT2D eigenvalue weighted by molar-refractivity contribution is -0.128. The van der Waals surface area contributed by atoms with Gasteiger partial charge in [-0.3, -0.25) is 9.79 Å². The van der Waals surface area contributed by atoms with E-state index in [1.165, 1.54) is 0 Å². The standard InChI is InChI=1S/C18H38N4O2/c1-7-19-17(21-10-9-20-16(24)18(4,5)6)22-13-15(8-11-23)12-14(2)3/h14-15,23H,7-13H2,1-6H3,(H,20,24)(H2,19,21,22). The number of aliphatic imine (C=N–C) groups is 1. The highest BCUT2D eigenvalue weighted by atomic mass is 16.3. The Morgan fingerprint density at radius 2 is 1.75 bits per heavy atom. The number of aliphatic hydroxyl groups is 1. The molecule has 4 N–H and O–H groups in total. The zero-order valence-corrected chi connectivity index (χ0v) is 16.4. The SMILES string of the molecule is CCNC(=NCC(CCO)CC(C)C)NCCNC(=O)C(C)(C)C. The average Bonchev–Trinajstić information content (AvgIpc) is 2.47. The molecule has 0 aliphatic rings. The van der Waals surface area contributed by atoms with Crippen LogP contribution < -0.4 is 16.0 Å². The van der Waals surface area contributed by atoms with Crippen molar-refractivity contribution < 1.29 is 9.90 Å². The Hall–Kier alpha value is -1.30. The van der Waals surface area contributed by atoms with Crippen LogP contribution in [0.25, 0.3) is 0 Å². The molecule has 0 radical (unpaired) electrons.